The number of ether oxygens (including phenoxy) is 1. The number of hydrogen-bond acceptors (Lipinski definition) is 6. The highest BCUT2D eigenvalue weighted by Gasteiger charge is 2.28. The lowest BCUT2D eigenvalue weighted by atomic mass is 9.93. The molecule has 2 heterocycles. The molecule has 0 radical (unpaired) electrons. The number of carbonyl (C=O) groups is 1. The largest absolute Gasteiger partial charge is 0.494 e. The Morgan fingerprint density at radius 3 is 2.46 bits per heavy atom. The Kier molecular flexibility index (Phi) is 7.94. The van der Waals surface area contributed by atoms with Crippen LogP contribution in [0.3, 0.4) is 0 Å². The van der Waals surface area contributed by atoms with Crippen molar-refractivity contribution >= 4 is 26.8 Å². The van der Waals surface area contributed by atoms with Crippen molar-refractivity contribution in [2.45, 2.75) is 68.7 Å². The first-order valence-electron chi connectivity index (χ1n) is 12.9. The van der Waals surface area contributed by atoms with Gasteiger partial charge in [0.15, 0.2) is 0 Å². The van der Waals surface area contributed by atoms with E-state index in [1.807, 2.05) is 11.0 Å². The Labute approximate surface area is 219 Å². The summed E-state index contributed by atoms with van der Waals surface area (Å²) in [6.07, 6.45) is 2.58. The maximum atomic E-state index is 13.5. The molecule has 1 amide bonds. The van der Waals surface area contributed by atoms with E-state index >= 15 is 0 Å². The lowest BCUT2D eigenvalue weighted by molar-refractivity contribution is -0.130. The average molecular weight is 527 g/mol. The molecule has 4 rings (SSSR count). The molecular weight excluding hydrogens is 488 g/mol. The number of fused-ring (bicyclic) bond motifs is 1. The summed E-state index contributed by atoms with van der Waals surface area (Å²) >= 11 is 0. The fourth-order valence-electron chi connectivity index (χ4n) is 4.86. The van der Waals surface area contributed by atoms with E-state index in [0.717, 1.165) is 43.8 Å². The lowest BCUT2D eigenvalue weighted by Crippen LogP contribution is -2.38. The van der Waals surface area contributed by atoms with Crippen LogP contribution in [-0.4, -0.2) is 55.0 Å². The predicted molar refractivity (Wildman–Crippen MR) is 144 cm³/mol. The number of hydrogen-bond donors (Lipinski definition) is 1. The third-order valence-corrected chi connectivity index (χ3v) is 8.68. The van der Waals surface area contributed by atoms with Crippen molar-refractivity contribution in [2.75, 3.05) is 26.2 Å². The van der Waals surface area contributed by atoms with E-state index < -0.39 is 9.84 Å². The third-order valence-electron chi connectivity index (χ3n) is 6.93. The van der Waals surface area contributed by atoms with Crippen LogP contribution in [0, 0.1) is 5.92 Å². The summed E-state index contributed by atoms with van der Waals surface area (Å²) in [7, 11) is -3.76. The van der Waals surface area contributed by atoms with Crippen LogP contribution in [0.5, 0.6) is 5.75 Å². The Morgan fingerprint density at radius 2 is 1.81 bits per heavy atom. The minimum absolute atomic E-state index is 0.128. The van der Waals surface area contributed by atoms with E-state index in [4.69, 9.17) is 15.5 Å². The van der Waals surface area contributed by atoms with Gasteiger partial charge in [-0.1, -0.05) is 26.8 Å². The highest BCUT2D eigenvalue weighted by Crippen LogP contribution is 2.32. The molecule has 1 aliphatic rings. The molecule has 0 bridgehead atoms. The van der Waals surface area contributed by atoms with Crippen molar-refractivity contribution < 1.29 is 17.9 Å². The normalized spacial score (nSPS) is 15.3. The number of nitrogens with zero attached hydrogens (tertiary/aromatic N) is 3. The van der Waals surface area contributed by atoms with Crippen molar-refractivity contribution in [1.82, 2.24) is 14.5 Å². The summed E-state index contributed by atoms with van der Waals surface area (Å²) in [4.78, 5) is 18.9. The highest BCUT2D eigenvalue weighted by molar-refractivity contribution is 7.91. The predicted octanol–water partition coefficient (Wildman–Crippen LogP) is 4.15. The minimum Gasteiger partial charge on any atom is -0.494 e. The van der Waals surface area contributed by atoms with E-state index in [2.05, 4.69) is 25.3 Å². The Bertz CT molecular complexity index is 1370. The first-order valence-corrected chi connectivity index (χ1v) is 14.4. The molecule has 0 atom stereocenters. The monoisotopic (exact) mass is 526 g/mol. The maximum Gasteiger partial charge on any atom is 0.219 e. The quantitative estimate of drug-likeness (QED) is 0.442. The SMILES string of the molecule is CC(=O)N1CCC(Cn2c(C(C)(C)C)nc3cc(S(=O)(=O)c4cccc(OCCCN)c4)ccc32)CC1. The summed E-state index contributed by atoms with van der Waals surface area (Å²) in [5, 5.41) is 0. The topological polar surface area (TPSA) is 108 Å². The molecule has 1 aliphatic heterocycles. The number of aromatic nitrogens is 2. The van der Waals surface area contributed by atoms with Gasteiger partial charge in [-0.3, -0.25) is 4.79 Å². The van der Waals surface area contributed by atoms with Crippen LogP contribution in [0.2, 0.25) is 0 Å². The van der Waals surface area contributed by atoms with Crippen molar-refractivity contribution in [3.8, 4) is 5.75 Å². The molecule has 3 aromatic rings. The summed E-state index contributed by atoms with van der Waals surface area (Å²) in [6.45, 7) is 11.3. The lowest BCUT2D eigenvalue weighted by Gasteiger charge is -2.32. The van der Waals surface area contributed by atoms with Crippen LogP contribution in [0.25, 0.3) is 11.0 Å². The van der Waals surface area contributed by atoms with E-state index in [1.165, 1.54) is 0 Å². The molecular formula is C28H38N4O4S. The van der Waals surface area contributed by atoms with Crippen molar-refractivity contribution in [1.29, 1.82) is 0 Å². The summed E-state index contributed by atoms with van der Waals surface area (Å²) in [6, 6.07) is 11.8. The zero-order chi connectivity index (χ0) is 26.8. The van der Waals surface area contributed by atoms with Gasteiger partial charge in [0.2, 0.25) is 15.7 Å². The van der Waals surface area contributed by atoms with Crippen LogP contribution in [-0.2, 0) is 26.6 Å². The molecule has 2 aromatic carbocycles. The van der Waals surface area contributed by atoms with Crippen molar-refractivity contribution in [3.05, 3.63) is 48.3 Å². The third kappa shape index (κ3) is 5.99. The van der Waals surface area contributed by atoms with Gasteiger partial charge in [0.05, 0.1) is 27.4 Å². The maximum absolute atomic E-state index is 13.5. The molecule has 8 nitrogen and oxygen atoms in total. The molecule has 2 N–H and O–H groups in total. The van der Waals surface area contributed by atoms with Crippen LogP contribution in [0.15, 0.2) is 52.3 Å². The first kappa shape index (κ1) is 27.1. The van der Waals surface area contributed by atoms with Gasteiger partial charge in [-0.2, -0.15) is 0 Å². The second-order valence-corrected chi connectivity index (χ2v) is 12.8. The average Bonchev–Trinajstić information content (AvgIpc) is 3.23. The van der Waals surface area contributed by atoms with E-state index in [-0.39, 0.29) is 21.1 Å². The number of nitrogens with two attached hydrogens (primary N) is 1. The van der Waals surface area contributed by atoms with E-state index in [0.29, 0.717) is 36.8 Å². The van der Waals surface area contributed by atoms with Crippen molar-refractivity contribution in [2.24, 2.45) is 11.7 Å². The van der Waals surface area contributed by atoms with E-state index in [9.17, 15) is 13.2 Å². The Balaban J connectivity index is 1.65. The second kappa shape index (κ2) is 10.8. The molecule has 0 aliphatic carbocycles. The van der Waals surface area contributed by atoms with Gasteiger partial charge in [-0.15, -0.1) is 0 Å². The summed E-state index contributed by atoms with van der Waals surface area (Å²) in [5.74, 6) is 2.00. The zero-order valence-corrected chi connectivity index (χ0v) is 23.1. The first-order chi connectivity index (χ1) is 17.5. The molecule has 1 fully saturated rings. The van der Waals surface area contributed by atoms with Gasteiger partial charge >= 0.3 is 0 Å². The highest BCUT2D eigenvalue weighted by atomic mass is 32.2. The minimum atomic E-state index is -3.76. The molecule has 0 unspecified atom stereocenters. The van der Waals surface area contributed by atoms with Gasteiger partial charge in [0, 0.05) is 32.0 Å². The Hall–Kier alpha value is -2.91. The number of likely N-dealkylation sites (tertiary alicyclic amines) is 1. The van der Waals surface area contributed by atoms with Gasteiger partial charge in [0.25, 0.3) is 0 Å². The molecule has 1 saturated heterocycles. The number of imidazole rings is 1. The number of benzene rings is 2. The zero-order valence-electron chi connectivity index (χ0n) is 22.2. The number of rotatable bonds is 8. The molecule has 0 spiro atoms. The Morgan fingerprint density at radius 1 is 1.11 bits per heavy atom. The second-order valence-electron chi connectivity index (χ2n) is 10.9. The smallest absolute Gasteiger partial charge is 0.219 e. The van der Waals surface area contributed by atoms with Gasteiger partial charge in [-0.05, 0) is 68.1 Å². The number of amides is 1. The van der Waals surface area contributed by atoms with Crippen LogP contribution < -0.4 is 10.5 Å². The van der Waals surface area contributed by atoms with Crippen LogP contribution >= 0.6 is 0 Å². The van der Waals surface area contributed by atoms with Gasteiger partial charge in [0.1, 0.15) is 11.6 Å². The number of piperidine rings is 1. The van der Waals surface area contributed by atoms with Crippen molar-refractivity contribution in [3.63, 3.8) is 0 Å². The fraction of sp³-hybridized carbons (Fsp3) is 0.500. The molecule has 0 saturated carbocycles. The van der Waals surface area contributed by atoms with Gasteiger partial charge < -0.3 is 19.9 Å². The molecule has 200 valence electrons. The standard InChI is InChI=1S/C28H38N4O4S/c1-20(33)31-14-11-21(12-15-31)19-32-26-10-9-24(18-25(26)30-27(32)28(2,3)4)37(34,35)23-8-5-7-22(17-23)36-16-6-13-29/h5,7-10,17-18,21H,6,11-16,19,29H2,1-4H3. The molecule has 37 heavy (non-hydrogen) atoms. The number of carbonyl (C=O) groups excluding carboxylic acids is 1. The molecule has 9 heteroatoms. The van der Waals surface area contributed by atoms with Crippen LogP contribution in [0.4, 0.5) is 0 Å². The molecule has 1 aromatic heterocycles. The van der Waals surface area contributed by atoms with Crippen LogP contribution in [0.1, 0.15) is 52.8 Å². The number of sulfone groups is 1. The summed E-state index contributed by atoms with van der Waals surface area (Å²) < 4.78 is 34.9. The van der Waals surface area contributed by atoms with E-state index in [1.54, 1.807) is 43.3 Å². The van der Waals surface area contributed by atoms with Gasteiger partial charge in [-0.25, -0.2) is 13.4 Å². The summed E-state index contributed by atoms with van der Waals surface area (Å²) in [5.41, 5.74) is 6.90. The fourth-order valence-corrected chi connectivity index (χ4v) is 6.18.